The Morgan fingerprint density at radius 2 is 1.05 bits per heavy atom. The molecule has 0 amide bonds. The van der Waals surface area contributed by atoms with Gasteiger partial charge in [0.05, 0.1) is 0 Å². The molecule has 0 heterocycles. The van der Waals surface area contributed by atoms with Crippen molar-refractivity contribution in [2.75, 3.05) is 12.5 Å². The van der Waals surface area contributed by atoms with Gasteiger partial charge in [0.25, 0.3) is 0 Å². The van der Waals surface area contributed by atoms with Crippen LogP contribution in [-0.2, 0) is 0 Å². The van der Waals surface area contributed by atoms with Crippen molar-refractivity contribution >= 4 is 21.9 Å². The van der Waals surface area contributed by atoms with E-state index in [4.69, 9.17) is 0 Å². The number of rotatable bonds is 3. The summed E-state index contributed by atoms with van der Waals surface area (Å²) in [6.45, 7) is 3.94. The van der Waals surface area contributed by atoms with Crippen LogP contribution in [0.2, 0.25) is 13.1 Å². The van der Waals surface area contributed by atoms with Gasteiger partial charge in [-0.25, -0.2) is 27.0 Å². The van der Waals surface area contributed by atoms with E-state index < -0.39 is 40.0 Å². The molecule has 22 heavy (non-hydrogen) atoms. The van der Waals surface area contributed by atoms with Crippen molar-refractivity contribution in [2.24, 2.45) is 0 Å². The molecule has 2 aromatic carbocycles. The zero-order chi connectivity index (χ0) is 16.7. The van der Waals surface area contributed by atoms with Gasteiger partial charge in [-0.1, -0.05) is 13.1 Å². The third-order valence-corrected chi connectivity index (χ3v) is 19.0. The van der Waals surface area contributed by atoms with Crippen molar-refractivity contribution in [1.29, 1.82) is 0 Å². The summed E-state index contributed by atoms with van der Waals surface area (Å²) in [5, 5.41) is 0.606. The third kappa shape index (κ3) is 3.08. The molecular formula is C16H18F4SSi. The first kappa shape index (κ1) is 17.1. The lowest BCUT2D eigenvalue weighted by molar-refractivity contribution is 0.577. The first-order valence-corrected chi connectivity index (χ1v) is 12.9. The summed E-state index contributed by atoms with van der Waals surface area (Å²) < 4.78 is 54.2. The van der Waals surface area contributed by atoms with Crippen LogP contribution >= 0.6 is 9.48 Å². The summed E-state index contributed by atoms with van der Waals surface area (Å²) in [5.41, 5.74) is 0. The number of benzene rings is 2. The third-order valence-electron chi connectivity index (χ3n) is 4.26. The van der Waals surface area contributed by atoms with E-state index in [1.165, 1.54) is 24.3 Å². The molecule has 0 spiro atoms. The highest BCUT2D eigenvalue weighted by molar-refractivity contribution is 8.56. The van der Waals surface area contributed by atoms with E-state index in [9.17, 15) is 17.6 Å². The van der Waals surface area contributed by atoms with Gasteiger partial charge in [-0.3, -0.25) is 0 Å². The van der Waals surface area contributed by atoms with Crippen LogP contribution in [-0.4, -0.2) is 19.7 Å². The Morgan fingerprint density at radius 1 is 0.682 bits per heavy atom. The summed E-state index contributed by atoms with van der Waals surface area (Å²) >= 11 is 0. The minimum atomic E-state index is -2.39. The summed E-state index contributed by atoms with van der Waals surface area (Å²) in [5.74, 6) is -2.52. The zero-order valence-corrected chi connectivity index (χ0v) is 14.7. The fourth-order valence-electron chi connectivity index (χ4n) is 2.31. The maximum atomic E-state index is 13.5. The molecule has 120 valence electrons. The van der Waals surface area contributed by atoms with E-state index >= 15 is 0 Å². The SMILES string of the molecule is C[Si](C)(c1cc(F)cc(F)c1)S(C)(C)c1cc(F)cc(F)c1. The van der Waals surface area contributed by atoms with Gasteiger partial charge in [0.2, 0.25) is 0 Å². The Hall–Kier alpha value is -1.27. The fourth-order valence-corrected chi connectivity index (χ4v) is 9.52. The van der Waals surface area contributed by atoms with Crippen molar-refractivity contribution < 1.29 is 17.6 Å². The molecule has 0 aliphatic carbocycles. The Balaban J connectivity index is 2.58. The second-order valence-electron chi connectivity index (χ2n) is 6.10. The predicted octanol–water partition coefficient (Wildman–Crippen LogP) is 4.78. The molecule has 2 rings (SSSR count). The van der Waals surface area contributed by atoms with E-state index in [-0.39, 0.29) is 0 Å². The molecule has 0 unspecified atom stereocenters. The van der Waals surface area contributed by atoms with Crippen LogP contribution in [0.25, 0.3) is 0 Å². The highest BCUT2D eigenvalue weighted by atomic mass is 32.5. The number of hydrogen-bond acceptors (Lipinski definition) is 0. The smallest absolute Gasteiger partial charge is 0.128 e. The molecule has 0 radical (unpaired) electrons. The van der Waals surface area contributed by atoms with Crippen molar-refractivity contribution in [3.8, 4) is 0 Å². The average molecular weight is 346 g/mol. The molecule has 0 N–H and O–H groups in total. The van der Waals surface area contributed by atoms with Crippen LogP contribution in [0.1, 0.15) is 0 Å². The molecule has 0 aliphatic rings. The predicted molar refractivity (Wildman–Crippen MR) is 87.5 cm³/mol. The van der Waals surface area contributed by atoms with E-state index in [2.05, 4.69) is 0 Å². The molecule has 0 saturated heterocycles. The molecule has 0 bridgehead atoms. The maximum absolute atomic E-state index is 13.5. The van der Waals surface area contributed by atoms with E-state index in [0.717, 1.165) is 12.1 Å². The van der Waals surface area contributed by atoms with Crippen molar-refractivity contribution in [1.82, 2.24) is 0 Å². The minimum absolute atomic E-state index is 0.575. The molecule has 0 aliphatic heterocycles. The summed E-state index contributed by atoms with van der Waals surface area (Å²) in [6.07, 6.45) is 3.88. The van der Waals surface area contributed by atoms with Crippen LogP contribution in [0.3, 0.4) is 0 Å². The standard InChI is InChI=1S/C16H18F4SSi/c1-21(2,15-7-11(17)5-12(18)8-15)22(3,4)16-9-13(19)6-14(20)10-16/h5-10H,1-4H3. The van der Waals surface area contributed by atoms with Gasteiger partial charge in [-0.2, -0.15) is 0 Å². The highest BCUT2D eigenvalue weighted by Gasteiger charge is 2.39. The van der Waals surface area contributed by atoms with E-state index in [1.807, 2.05) is 25.6 Å². The van der Waals surface area contributed by atoms with Crippen LogP contribution in [0.5, 0.6) is 0 Å². The van der Waals surface area contributed by atoms with Crippen molar-refractivity contribution in [3.05, 3.63) is 59.7 Å². The zero-order valence-electron chi connectivity index (χ0n) is 12.9. The van der Waals surface area contributed by atoms with E-state index in [1.54, 1.807) is 0 Å². The van der Waals surface area contributed by atoms with Crippen LogP contribution < -0.4 is 5.19 Å². The van der Waals surface area contributed by atoms with Crippen molar-refractivity contribution in [2.45, 2.75) is 18.0 Å². The lowest BCUT2D eigenvalue weighted by Gasteiger charge is -2.46. The largest absolute Gasteiger partial charge is 0.228 e. The van der Waals surface area contributed by atoms with Crippen LogP contribution in [0.4, 0.5) is 17.6 Å². The highest BCUT2D eigenvalue weighted by Crippen LogP contribution is 2.57. The van der Waals surface area contributed by atoms with Gasteiger partial charge in [-0.15, -0.1) is 0 Å². The maximum Gasteiger partial charge on any atom is 0.128 e. The fraction of sp³-hybridized carbons (Fsp3) is 0.250. The molecule has 0 nitrogen and oxygen atoms in total. The average Bonchev–Trinajstić information content (AvgIpc) is 2.36. The van der Waals surface area contributed by atoms with Gasteiger partial charge in [0.15, 0.2) is 0 Å². The molecule has 6 heteroatoms. The normalized spacial score (nSPS) is 13.3. The second kappa shape index (κ2) is 5.74. The lowest BCUT2D eigenvalue weighted by atomic mass is 10.3. The molecule has 0 aromatic heterocycles. The minimum Gasteiger partial charge on any atom is -0.228 e. The Bertz CT molecular complexity index is 611. The topological polar surface area (TPSA) is 0 Å². The molecule has 2 aromatic rings. The quantitative estimate of drug-likeness (QED) is 0.554. The number of halogens is 4. The van der Waals surface area contributed by atoms with Crippen molar-refractivity contribution in [3.63, 3.8) is 0 Å². The monoisotopic (exact) mass is 346 g/mol. The Morgan fingerprint density at radius 3 is 1.45 bits per heavy atom. The van der Waals surface area contributed by atoms with Gasteiger partial charge in [0, 0.05) is 12.1 Å². The first-order valence-electron chi connectivity index (χ1n) is 6.69. The second-order valence-corrected chi connectivity index (χ2v) is 18.9. The van der Waals surface area contributed by atoms with Gasteiger partial charge in [0.1, 0.15) is 30.5 Å². The molecule has 0 saturated carbocycles. The summed E-state index contributed by atoms with van der Waals surface area (Å²) in [6, 6.07) is 6.97. The first-order chi connectivity index (χ1) is 10.0. The van der Waals surface area contributed by atoms with Gasteiger partial charge < -0.3 is 0 Å². The van der Waals surface area contributed by atoms with Crippen LogP contribution in [0, 0.1) is 23.3 Å². The Labute approximate surface area is 130 Å². The summed E-state index contributed by atoms with van der Waals surface area (Å²) in [7, 11) is -4.03. The lowest BCUT2D eigenvalue weighted by Crippen LogP contribution is -2.46. The number of hydrogen-bond donors (Lipinski definition) is 0. The van der Waals surface area contributed by atoms with E-state index in [0.29, 0.717) is 10.1 Å². The molecular weight excluding hydrogens is 328 g/mol. The van der Waals surface area contributed by atoms with Gasteiger partial charge >= 0.3 is 0 Å². The molecule has 0 fully saturated rings. The van der Waals surface area contributed by atoms with Gasteiger partial charge in [-0.05, 0) is 46.9 Å². The molecule has 0 atom stereocenters. The Kier molecular flexibility index (Phi) is 4.46. The van der Waals surface area contributed by atoms with Crippen LogP contribution in [0.15, 0.2) is 41.3 Å². The summed E-state index contributed by atoms with van der Waals surface area (Å²) in [4.78, 5) is 0.575.